The monoisotopic (exact) mass is 392 g/mol. The van der Waals surface area contributed by atoms with Crippen LogP contribution in [-0.4, -0.2) is 26.0 Å². The summed E-state index contributed by atoms with van der Waals surface area (Å²) in [6, 6.07) is 12.2. The van der Waals surface area contributed by atoms with Crippen molar-refractivity contribution in [1.29, 1.82) is 0 Å². The Labute approximate surface area is 148 Å². The van der Waals surface area contributed by atoms with Crippen molar-refractivity contribution < 1.29 is 19.1 Å². The first-order valence-corrected chi connectivity index (χ1v) is 7.89. The first-order valence-electron chi connectivity index (χ1n) is 7.09. The molecule has 0 aliphatic rings. The zero-order valence-corrected chi connectivity index (χ0v) is 14.8. The van der Waals surface area contributed by atoms with Crippen LogP contribution in [0.25, 0.3) is 0 Å². The lowest BCUT2D eigenvalue weighted by Gasteiger charge is -2.12. The molecule has 2 aromatic rings. The Morgan fingerprint density at radius 3 is 2.25 bits per heavy atom. The van der Waals surface area contributed by atoms with Crippen LogP contribution in [-0.2, 0) is 9.59 Å². The van der Waals surface area contributed by atoms with Gasteiger partial charge >= 0.3 is 0 Å². The highest BCUT2D eigenvalue weighted by Gasteiger charge is 2.13. The predicted molar refractivity (Wildman–Crippen MR) is 95.6 cm³/mol. The van der Waals surface area contributed by atoms with Crippen LogP contribution in [0.15, 0.2) is 46.9 Å². The lowest BCUT2D eigenvalue weighted by Crippen LogP contribution is -2.21. The number of amides is 2. The molecular formula is C17H17BrN2O4. The number of benzene rings is 2. The summed E-state index contributed by atoms with van der Waals surface area (Å²) in [6.07, 6.45) is -0.309. The molecule has 2 rings (SSSR count). The van der Waals surface area contributed by atoms with Crippen LogP contribution in [0, 0.1) is 0 Å². The molecule has 0 fully saturated rings. The summed E-state index contributed by atoms with van der Waals surface area (Å²) >= 11 is 3.33. The van der Waals surface area contributed by atoms with Crippen molar-refractivity contribution >= 4 is 39.1 Å². The summed E-state index contributed by atoms with van der Waals surface area (Å²) in [5.74, 6) is 0.209. The molecule has 2 aromatic carbocycles. The molecule has 0 aromatic heterocycles. The van der Waals surface area contributed by atoms with Gasteiger partial charge in [0.1, 0.15) is 17.9 Å². The second-order valence-corrected chi connectivity index (χ2v) is 5.67. The fourth-order valence-corrected chi connectivity index (χ4v) is 2.38. The third kappa shape index (κ3) is 4.73. The molecule has 0 bridgehead atoms. The SMILES string of the molecule is COc1ccc(NC(=O)CC(=O)Nc2ccccc2Br)c(OC)c1. The summed E-state index contributed by atoms with van der Waals surface area (Å²) < 4.78 is 11.0. The largest absolute Gasteiger partial charge is 0.497 e. The number of hydrogen-bond donors (Lipinski definition) is 2. The van der Waals surface area contributed by atoms with E-state index in [1.807, 2.05) is 6.07 Å². The van der Waals surface area contributed by atoms with Gasteiger partial charge in [-0.3, -0.25) is 9.59 Å². The second kappa shape index (κ2) is 8.35. The van der Waals surface area contributed by atoms with Crippen molar-refractivity contribution in [2.75, 3.05) is 24.9 Å². The minimum Gasteiger partial charge on any atom is -0.497 e. The van der Waals surface area contributed by atoms with E-state index in [2.05, 4.69) is 26.6 Å². The number of rotatable bonds is 6. The van der Waals surface area contributed by atoms with Crippen LogP contribution in [0.2, 0.25) is 0 Å². The van der Waals surface area contributed by atoms with E-state index >= 15 is 0 Å². The van der Waals surface area contributed by atoms with Crippen molar-refractivity contribution in [3.8, 4) is 11.5 Å². The molecule has 2 amide bonds. The van der Waals surface area contributed by atoms with E-state index in [1.54, 1.807) is 43.5 Å². The summed E-state index contributed by atoms with van der Waals surface area (Å²) in [5.41, 5.74) is 1.08. The average Bonchev–Trinajstić information content (AvgIpc) is 2.57. The predicted octanol–water partition coefficient (Wildman–Crippen LogP) is 3.43. The molecule has 0 saturated heterocycles. The smallest absolute Gasteiger partial charge is 0.233 e. The number of carbonyl (C=O) groups excluding carboxylic acids is 2. The topological polar surface area (TPSA) is 76.7 Å². The minimum atomic E-state index is -0.442. The van der Waals surface area contributed by atoms with Crippen LogP contribution < -0.4 is 20.1 Å². The Bertz CT molecular complexity index is 749. The van der Waals surface area contributed by atoms with Crippen LogP contribution in [0.4, 0.5) is 11.4 Å². The van der Waals surface area contributed by atoms with Gasteiger partial charge in [0.15, 0.2) is 0 Å². The Morgan fingerprint density at radius 1 is 0.958 bits per heavy atom. The molecule has 126 valence electrons. The molecule has 2 N–H and O–H groups in total. The molecule has 0 saturated carbocycles. The van der Waals surface area contributed by atoms with E-state index in [1.165, 1.54) is 7.11 Å². The van der Waals surface area contributed by atoms with Crippen molar-refractivity contribution in [2.45, 2.75) is 6.42 Å². The quantitative estimate of drug-likeness (QED) is 0.738. The van der Waals surface area contributed by atoms with E-state index in [9.17, 15) is 9.59 Å². The molecular weight excluding hydrogens is 376 g/mol. The zero-order chi connectivity index (χ0) is 17.5. The van der Waals surface area contributed by atoms with Gasteiger partial charge in [0.2, 0.25) is 11.8 Å². The number of nitrogens with one attached hydrogen (secondary N) is 2. The Morgan fingerprint density at radius 2 is 1.62 bits per heavy atom. The highest BCUT2D eigenvalue weighted by molar-refractivity contribution is 9.10. The maximum atomic E-state index is 12.1. The van der Waals surface area contributed by atoms with Gasteiger partial charge in [-0.05, 0) is 40.2 Å². The third-order valence-corrected chi connectivity index (χ3v) is 3.84. The Kier molecular flexibility index (Phi) is 6.20. The van der Waals surface area contributed by atoms with E-state index in [4.69, 9.17) is 9.47 Å². The highest BCUT2D eigenvalue weighted by Crippen LogP contribution is 2.29. The van der Waals surface area contributed by atoms with E-state index in [0.29, 0.717) is 22.9 Å². The van der Waals surface area contributed by atoms with Crippen LogP contribution in [0.3, 0.4) is 0 Å². The maximum absolute atomic E-state index is 12.1. The summed E-state index contributed by atoms with van der Waals surface area (Å²) in [6.45, 7) is 0. The molecule has 0 aliphatic heterocycles. The van der Waals surface area contributed by atoms with Crippen molar-refractivity contribution in [3.63, 3.8) is 0 Å². The van der Waals surface area contributed by atoms with E-state index in [-0.39, 0.29) is 6.42 Å². The molecule has 0 unspecified atom stereocenters. The number of ether oxygens (including phenoxy) is 2. The number of carbonyl (C=O) groups is 2. The molecule has 0 spiro atoms. The Hall–Kier alpha value is -2.54. The van der Waals surface area contributed by atoms with Crippen molar-refractivity contribution in [1.82, 2.24) is 0 Å². The Balaban J connectivity index is 1.98. The number of halogens is 1. The van der Waals surface area contributed by atoms with Crippen LogP contribution in [0.1, 0.15) is 6.42 Å². The van der Waals surface area contributed by atoms with Gasteiger partial charge in [-0.15, -0.1) is 0 Å². The van der Waals surface area contributed by atoms with Crippen molar-refractivity contribution in [2.24, 2.45) is 0 Å². The number of methoxy groups -OCH3 is 2. The van der Waals surface area contributed by atoms with Crippen LogP contribution in [0.5, 0.6) is 11.5 Å². The molecule has 0 heterocycles. The summed E-state index contributed by atoms with van der Waals surface area (Å²) in [7, 11) is 3.03. The van der Waals surface area contributed by atoms with Gasteiger partial charge in [-0.1, -0.05) is 12.1 Å². The fourth-order valence-electron chi connectivity index (χ4n) is 2.00. The number of anilines is 2. The molecule has 0 atom stereocenters. The summed E-state index contributed by atoms with van der Waals surface area (Å²) in [5, 5.41) is 5.33. The van der Waals surface area contributed by atoms with E-state index in [0.717, 1.165) is 4.47 Å². The van der Waals surface area contributed by atoms with Crippen LogP contribution >= 0.6 is 15.9 Å². The van der Waals surface area contributed by atoms with Gasteiger partial charge in [0.05, 0.1) is 25.6 Å². The highest BCUT2D eigenvalue weighted by atomic mass is 79.9. The standard InChI is InChI=1S/C17H17BrN2O4/c1-23-11-7-8-14(15(9-11)24-2)20-17(22)10-16(21)19-13-6-4-3-5-12(13)18/h3-9H,10H2,1-2H3,(H,19,21)(H,20,22). The van der Waals surface area contributed by atoms with Gasteiger partial charge in [0.25, 0.3) is 0 Å². The zero-order valence-electron chi connectivity index (χ0n) is 13.3. The third-order valence-electron chi connectivity index (χ3n) is 3.15. The summed E-state index contributed by atoms with van der Waals surface area (Å²) in [4.78, 5) is 24.0. The number of para-hydroxylation sites is 1. The van der Waals surface area contributed by atoms with E-state index < -0.39 is 11.8 Å². The first-order chi connectivity index (χ1) is 11.5. The average molecular weight is 393 g/mol. The van der Waals surface area contributed by atoms with Gasteiger partial charge in [-0.25, -0.2) is 0 Å². The first kappa shape index (κ1) is 17.8. The fraction of sp³-hybridized carbons (Fsp3) is 0.176. The molecule has 0 aliphatic carbocycles. The maximum Gasteiger partial charge on any atom is 0.233 e. The lowest BCUT2D eigenvalue weighted by atomic mass is 10.2. The molecule has 7 heteroatoms. The normalized spacial score (nSPS) is 9.96. The lowest BCUT2D eigenvalue weighted by molar-refractivity contribution is -0.123. The van der Waals surface area contributed by atoms with Gasteiger partial charge < -0.3 is 20.1 Å². The van der Waals surface area contributed by atoms with Gasteiger partial charge in [0, 0.05) is 10.5 Å². The molecule has 6 nitrogen and oxygen atoms in total. The molecule has 0 radical (unpaired) electrons. The van der Waals surface area contributed by atoms with Crippen molar-refractivity contribution in [3.05, 3.63) is 46.9 Å². The molecule has 24 heavy (non-hydrogen) atoms. The van der Waals surface area contributed by atoms with Gasteiger partial charge in [-0.2, -0.15) is 0 Å². The minimum absolute atomic E-state index is 0.309. The second-order valence-electron chi connectivity index (χ2n) is 4.82. The number of hydrogen-bond acceptors (Lipinski definition) is 4.